The number of ether oxygens (including phenoxy) is 1. The molecule has 0 amide bonds. The molecule has 0 spiro atoms. The number of hydrogen-bond acceptors (Lipinski definition) is 3. The van der Waals surface area contributed by atoms with Crippen LogP contribution in [0.5, 0.6) is 11.5 Å². The van der Waals surface area contributed by atoms with Crippen LogP contribution in [0.15, 0.2) is 42.6 Å². The second-order valence-corrected chi connectivity index (χ2v) is 3.98. The summed E-state index contributed by atoms with van der Waals surface area (Å²) in [6.07, 6.45) is 1.24. The number of aliphatic hydroxyl groups excluding tert-OH is 1. The molecular weight excluding hydrogens is 214 g/mol. The molecule has 88 valence electrons. The molecule has 0 radical (unpaired) electrons. The molecule has 0 unspecified atom stereocenters. The molecule has 1 N–H and O–H groups in total. The Morgan fingerprint density at radius 2 is 1.71 bits per heavy atom. The summed E-state index contributed by atoms with van der Waals surface area (Å²) in [7, 11) is 0. The Labute approximate surface area is 101 Å². The van der Waals surface area contributed by atoms with E-state index < -0.39 is 6.10 Å². The molecule has 0 aliphatic rings. The van der Waals surface area contributed by atoms with Crippen LogP contribution in [0.3, 0.4) is 0 Å². The predicted molar refractivity (Wildman–Crippen MR) is 66.1 cm³/mol. The first-order chi connectivity index (χ1) is 8.15. The summed E-state index contributed by atoms with van der Waals surface area (Å²) < 4.78 is 5.62. The van der Waals surface area contributed by atoms with Gasteiger partial charge in [0.2, 0.25) is 0 Å². The van der Waals surface area contributed by atoms with E-state index in [9.17, 15) is 5.11 Å². The minimum atomic E-state index is -0.454. The zero-order valence-electron chi connectivity index (χ0n) is 9.92. The molecule has 1 atom stereocenters. The number of hydrogen-bond donors (Lipinski definition) is 1. The molecule has 0 saturated carbocycles. The summed E-state index contributed by atoms with van der Waals surface area (Å²) in [4.78, 5) is 4.16. The third-order valence-electron chi connectivity index (χ3n) is 2.48. The summed E-state index contributed by atoms with van der Waals surface area (Å²) in [6.45, 7) is 3.67. The van der Waals surface area contributed by atoms with Crippen molar-refractivity contribution < 1.29 is 9.84 Å². The minimum Gasteiger partial charge on any atom is -0.456 e. The second kappa shape index (κ2) is 4.97. The maximum absolute atomic E-state index is 9.38. The Morgan fingerprint density at radius 1 is 1.06 bits per heavy atom. The van der Waals surface area contributed by atoms with Gasteiger partial charge in [-0.25, -0.2) is 0 Å². The number of benzene rings is 1. The molecule has 1 heterocycles. The highest BCUT2D eigenvalue weighted by molar-refractivity contribution is 5.32. The number of rotatable bonds is 3. The quantitative estimate of drug-likeness (QED) is 0.878. The molecular formula is C14H15NO2. The standard InChI is InChI=1S/C14H15NO2/c1-10-3-6-14(9-15-10)17-13-7-4-12(5-8-13)11(2)16/h3-9,11,16H,1-2H3/t11-/m1/s1. The van der Waals surface area contributed by atoms with E-state index in [2.05, 4.69) is 4.98 Å². The van der Waals surface area contributed by atoms with Crippen molar-refractivity contribution in [3.05, 3.63) is 53.9 Å². The molecule has 3 nitrogen and oxygen atoms in total. The summed E-state index contributed by atoms with van der Waals surface area (Å²) in [5.74, 6) is 1.44. The van der Waals surface area contributed by atoms with Gasteiger partial charge in [0, 0.05) is 5.69 Å². The van der Waals surface area contributed by atoms with Gasteiger partial charge < -0.3 is 9.84 Å². The Balaban J connectivity index is 2.11. The van der Waals surface area contributed by atoms with Crippen LogP contribution in [-0.4, -0.2) is 10.1 Å². The van der Waals surface area contributed by atoms with Gasteiger partial charge in [-0.2, -0.15) is 0 Å². The van der Waals surface area contributed by atoms with E-state index in [1.165, 1.54) is 0 Å². The molecule has 0 bridgehead atoms. The van der Waals surface area contributed by atoms with E-state index in [-0.39, 0.29) is 0 Å². The van der Waals surface area contributed by atoms with Crippen LogP contribution in [0.2, 0.25) is 0 Å². The van der Waals surface area contributed by atoms with Gasteiger partial charge in [0.05, 0.1) is 12.3 Å². The van der Waals surface area contributed by atoms with Gasteiger partial charge in [-0.1, -0.05) is 12.1 Å². The Bertz CT molecular complexity index is 475. The highest BCUT2D eigenvalue weighted by atomic mass is 16.5. The fourth-order valence-electron chi connectivity index (χ4n) is 1.47. The van der Waals surface area contributed by atoms with Gasteiger partial charge in [0.1, 0.15) is 11.5 Å². The van der Waals surface area contributed by atoms with E-state index in [4.69, 9.17) is 4.74 Å². The van der Waals surface area contributed by atoms with E-state index in [0.717, 1.165) is 17.0 Å². The first kappa shape index (κ1) is 11.6. The number of aliphatic hydroxyl groups is 1. The topological polar surface area (TPSA) is 42.4 Å². The smallest absolute Gasteiger partial charge is 0.145 e. The van der Waals surface area contributed by atoms with E-state index in [0.29, 0.717) is 5.75 Å². The molecule has 0 aliphatic heterocycles. The van der Waals surface area contributed by atoms with E-state index in [1.807, 2.05) is 43.3 Å². The van der Waals surface area contributed by atoms with Crippen LogP contribution in [0, 0.1) is 6.92 Å². The predicted octanol–water partition coefficient (Wildman–Crippen LogP) is 3.24. The monoisotopic (exact) mass is 229 g/mol. The molecule has 2 aromatic rings. The Morgan fingerprint density at radius 3 is 2.24 bits per heavy atom. The van der Waals surface area contributed by atoms with Gasteiger partial charge in [0.15, 0.2) is 0 Å². The first-order valence-corrected chi connectivity index (χ1v) is 5.54. The zero-order chi connectivity index (χ0) is 12.3. The van der Waals surface area contributed by atoms with Gasteiger partial charge in [-0.05, 0) is 43.7 Å². The van der Waals surface area contributed by atoms with Crippen LogP contribution in [0.25, 0.3) is 0 Å². The first-order valence-electron chi connectivity index (χ1n) is 5.54. The van der Waals surface area contributed by atoms with Crippen LogP contribution in [-0.2, 0) is 0 Å². The van der Waals surface area contributed by atoms with E-state index in [1.54, 1.807) is 13.1 Å². The van der Waals surface area contributed by atoms with E-state index >= 15 is 0 Å². The minimum absolute atomic E-state index is 0.454. The highest BCUT2D eigenvalue weighted by Gasteiger charge is 2.01. The molecule has 3 heteroatoms. The zero-order valence-corrected chi connectivity index (χ0v) is 9.92. The largest absolute Gasteiger partial charge is 0.456 e. The summed E-state index contributed by atoms with van der Waals surface area (Å²) in [5.41, 5.74) is 1.83. The average molecular weight is 229 g/mol. The molecule has 1 aromatic heterocycles. The lowest BCUT2D eigenvalue weighted by Crippen LogP contribution is -1.91. The van der Waals surface area contributed by atoms with Crippen molar-refractivity contribution in [1.29, 1.82) is 0 Å². The van der Waals surface area contributed by atoms with Crippen molar-refractivity contribution in [1.82, 2.24) is 4.98 Å². The summed E-state index contributed by atoms with van der Waals surface area (Å²) >= 11 is 0. The van der Waals surface area contributed by atoms with Crippen LogP contribution < -0.4 is 4.74 Å². The van der Waals surface area contributed by atoms with Crippen molar-refractivity contribution in [3.8, 4) is 11.5 Å². The number of aromatic nitrogens is 1. The molecule has 1 aromatic carbocycles. The number of pyridine rings is 1. The maximum Gasteiger partial charge on any atom is 0.145 e. The average Bonchev–Trinajstić information content (AvgIpc) is 2.33. The SMILES string of the molecule is Cc1ccc(Oc2ccc([C@@H](C)O)cc2)cn1. The lowest BCUT2D eigenvalue weighted by Gasteiger charge is -2.08. The van der Waals surface area contributed by atoms with Crippen molar-refractivity contribution >= 4 is 0 Å². The fraction of sp³-hybridized carbons (Fsp3) is 0.214. The van der Waals surface area contributed by atoms with Crippen LogP contribution in [0.1, 0.15) is 24.3 Å². The van der Waals surface area contributed by atoms with Crippen molar-refractivity contribution in [3.63, 3.8) is 0 Å². The third kappa shape index (κ3) is 3.04. The molecule has 17 heavy (non-hydrogen) atoms. The van der Waals surface area contributed by atoms with Crippen molar-refractivity contribution in [2.24, 2.45) is 0 Å². The molecule has 0 fully saturated rings. The van der Waals surface area contributed by atoms with Crippen LogP contribution >= 0.6 is 0 Å². The third-order valence-corrected chi connectivity index (χ3v) is 2.48. The van der Waals surface area contributed by atoms with Gasteiger partial charge in [0.25, 0.3) is 0 Å². The van der Waals surface area contributed by atoms with Crippen molar-refractivity contribution in [2.45, 2.75) is 20.0 Å². The molecule has 2 rings (SSSR count). The van der Waals surface area contributed by atoms with Crippen molar-refractivity contribution in [2.75, 3.05) is 0 Å². The fourth-order valence-corrected chi connectivity index (χ4v) is 1.47. The maximum atomic E-state index is 9.38. The number of aryl methyl sites for hydroxylation is 1. The molecule has 0 aliphatic carbocycles. The van der Waals surface area contributed by atoms with Gasteiger partial charge in [-0.3, -0.25) is 4.98 Å². The molecule has 0 saturated heterocycles. The number of nitrogens with zero attached hydrogens (tertiary/aromatic N) is 1. The van der Waals surface area contributed by atoms with Crippen LogP contribution in [0.4, 0.5) is 0 Å². The lowest BCUT2D eigenvalue weighted by atomic mass is 10.1. The summed E-state index contributed by atoms with van der Waals surface area (Å²) in [6, 6.07) is 11.2. The Hall–Kier alpha value is -1.87. The second-order valence-electron chi connectivity index (χ2n) is 3.98. The normalized spacial score (nSPS) is 12.2. The highest BCUT2D eigenvalue weighted by Crippen LogP contribution is 2.22. The lowest BCUT2D eigenvalue weighted by molar-refractivity contribution is 0.199. The summed E-state index contributed by atoms with van der Waals surface area (Å²) in [5, 5.41) is 9.38. The van der Waals surface area contributed by atoms with Gasteiger partial charge in [-0.15, -0.1) is 0 Å². The Kier molecular flexibility index (Phi) is 3.40. The van der Waals surface area contributed by atoms with Gasteiger partial charge >= 0.3 is 0 Å².